The fraction of sp³-hybridized carbons (Fsp3) is 0.529. The molecule has 1 fully saturated rings. The summed E-state index contributed by atoms with van der Waals surface area (Å²) in [7, 11) is 1.63. The number of tetrazole rings is 1. The van der Waals surface area contributed by atoms with Crippen LogP contribution in [0, 0.1) is 0 Å². The van der Waals surface area contributed by atoms with Gasteiger partial charge in [-0.1, -0.05) is 24.6 Å². The quantitative estimate of drug-likeness (QED) is 0.736. The van der Waals surface area contributed by atoms with Crippen LogP contribution in [0.1, 0.15) is 32.1 Å². The third-order valence-corrected chi connectivity index (χ3v) is 5.18. The van der Waals surface area contributed by atoms with Gasteiger partial charge in [0.2, 0.25) is 11.1 Å². The fourth-order valence-corrected chi connectivity index (χ4v) is 3.68. The van der Waals surface area contributed by atoms with Gasteiger partial charge in [-0.05, 0) is 47.5 Å². The highest BCUT2D eigenvalue weighted by molar-refractivity contribution is 7.99. The van der Waals surface area contributed by atoms with Gasteiger partial charge in [0.1, 0.15) is 5.75 Å². The summed E-state index contributed by atoms with van der Waals surface area (Å²) in [5.41, 5.74) is 0.868. The number of ether oxygens (including phenoxy) is 1. The summed E-state index contributed by atoms with van der Waals surface area (Å²) in [5, 5.41) is 12.6. The van der Waals surface area contributed by atoms with E-state index < -0.39 is 0 Å². The molecule has 1 aliphatic heterocycles. The molecule has 0 radical (unpaired) electrons. The molecule has 1 amide bonds. The largest absolute Gasteiger partial charge is 0.497 e. The van der Waals surface area contributed by atoms with Gasteiger partial charge in [0.25, 0.3) is 0 Å². The molecule has 0 atom stereocenters. The van der Waals surface area contributed by atoms with Gasteiger partial charge < -0.3 is 9.64 Å². The smallest absolute Gasteiger partial charge is 0.223 e. The van der Waals surface area contributed by atoms with Gasteiger partial charge in [-0.3, -0.25) is 4.79 Å². The van der Waals surface area contributed by atoms with E-state index in [0.717, 1.165) is 37.4 Å². The molecule has 2 aromatic rings. The minimum absolute atomic E-state index is 0.234. The van der Waals surface area contributed by atoms with E-state index in [0.29, 0.717) is 17.3 Å². The summed E-state index contributed by atoms with van der Waals surface area (Å²) >= 11 is 1.50. The van der Waals surface area contributed by atoms with Crippen LogP contribution in [-0.4, -0.2) is 57.0 Å². The highest BCUT2D eigenvalue weighted by Gasteiger charge is 2.16. The van der Waals surface area contributed by atoms with Crippen LogP contribution in [0.15, 0.2) is 29.4 Å². The van der Waals surface area contributed by atoms with Crippen LogP contribution < -0.4 is 4.74 Å². The standard InChI is InChI=1S/C17H23N5O2S/c1-24-15-8-6-14(7-9-15)22-17(18-19-20-22)25-13-10-16(23)21-11-4-2-3-5-12-21/h6-9H,2-5,10-13H2,1H3. The number of methoxy groups -OCH3 is 1. The van der Waals surface area contributed by atoms with Crippen LogP contribution >= 0.6 is 11.8 Å². The highest BCUT2D eigenvalue weighted by Crippen LogP contribution is 2.21. The number of rotatable bonds is 6. The monoisotopic (exact) mass is 361 g/mol. The molecular weight excluding hydrogens is 338 g/mol. The molecule has 1 aliphatic rings. The third-order valence-electron chi connectivity index (χ3n) is 4.26. The summed E-state index contributed by atoms with van der Waals surface area (Å²) in [4.78, 5) is 14.3. The second-order valence-corrected chi connectivity index (χ2v) is 7.03. The Morgan fingerprint density at radius 1 is 1.16 bits per heavy atom. The Hall–Kier alpha value is -2.09. The number of hydrogen-bond acceptors (Lipinski definition) is 6. The number of nitrogens with zero attached hydrogens (tertiary/aromatic N) is 5. The SMILES string of the molecule is COc1ccc(-n2nnnc2SCCC(=O)N2CCCCCC2)cc1. The molecule has 0 bridgehead atoms. The first-order chi connectivity index (χ1) is 12.3. The van der Waals surface area contributed by atoms with E-state index in [1.807, 2.05) is 29.2 Å². The lowest BCUT2D eigenvalue weighted by molar-refractivity contribution is -0.130. The Balaban J connectivity index is 1.55. The van der Waals surface area contributed by atoms with Crippen molar-refractivity contribution in [3.05, 3.63) is 24.3 Å². The van der Waals surface area contributed by atoms with Crippen LogP contribution in [-0.2, 0) is 4.79 Å². The van der Waals surface area contributed by atoms with Gasteiger partial charge in [-0.2, -0.15) is 4.68 Å². The molecule has 1 aromatic heterocycles. The van der Waals surface area contributed by atoms with Gasteiger partial charge in [0, 0.05) is 25.3 Å². The number of aromatic nitrogens is 4. The zero-order chi connectivity index (χ0) is 17.5. The molecule has 3 rings (SSSR count). The van der Waals surface area contributed by atoms with Gasteiger partial charge in [0.05, 0.1) is 12.8 Å². The first-order valence-electron chi connectivity index (χ1n) is 8.61. The van der Waals surface area contributed by atoms with E-state index in [2.05, 4.69) is 15.5 Å². The molecule has 2 heterocycles. The summed E-state index contributed by atoms with van der Waals surface area (Å²) in [5.74, 6) is 1.69. The number of amides is 1. The molecule has 8 heteroatoms. The second-order valence-electron chi connectivity index (χ2n) is 5.96. The fourth-order valence-electron chi connectivity index (χ4n) is 2.86. The maximum absolute atomic E-state index is 12.3. The summed E-state index contributed by atoms with van der Waals surface area (Å²) in [6, 6.07) is 7.55. The number of carbonyl (C=O) groups is 1. The summed E-state index contributed by atoms with van der Waals surface area (Å²) in [6.45, 7) is 1.79. The molecule has 0 spiro atoms. The van der Waals surface area contributed by atoms with Gasteiger partial charge in [-0.15, -0.1) is 5.10 Å². The molecule has 25 heavy (non-hydrogen) atoms. The van der Waals surface area contributed by atoms with E-state index in [4.69, 9.17) is 4.74 Å². The van der Waals surface area contributed by atoms with Crippen molar-refractivity contribution in [2.45, 2.75) is 37.3 Å². The van der Waals surface area contributed by atoms with Gasteiger partial charge >= 0.3 is 0 Å². The molecule has 0 N–H and O–H groups in total. The number of carbonyl (C=O) groups excluding carboxylic acids is 1. The first kappa shape index (κ1) is 17.7. The molecule has 0 unspecified atom stereocenters. The molecule has 7 nitrogen and oxygen atoms in total. The maximum Gasteiger partial charge on any atom is 0.223 e. The van der Waals surface area contributed by atoms with Crippen LogP contribution in [0.25, 0.3) is 5.69 Å². The van der Waals surface area contributed by atoms with Crippen LogP contribution in [0.5, 0.6) is 5.75 Å². The van der Waals surface area contributed by atoms with Crippen molar-refractivity contribution >= 4 is 17.7 Å². The van der Waals surface area contributed by atoms with Crippen LogP contribution in [0.2, 0.25) is 0 Å². The maximum atomic E-state index is 12.3. The van der Waals surface area contributed by atoms with Gasteiger partial charge in [0.15, 0.2) is 0 Å². The van der Waals surface area contributed by atoms with E-state index in [-0.39, 0.29) is 5.91 Å². The normalized spacial score (nSPS) is 15.0. The minimum atomic E-state index is 0.234. The zero-order valence-corrected chi connectivity index (χ0v) is 15.2. The summed E-state index contributed by atoms with van der Waals surface area (Å²) < 4.78 is 6.85. The second kappa shape index (κ2) is 8.84. The Kier molecular flexibility index (Phi) is 6.27. The lowest BCUT2D eigenvalue weighted by atomic mass is 10.2. The van der Waals surface area contributed by atoms with Crippen molar-refractivity contribution in [2.24, 2.45) is 0 Å². The minimum Gasteiger partial charge on any atom is -0.497 e. The molecule has 1 saturated heterocycles. The number of likely N-dealkylation sites (tertiary alicyclic amines) is 1. The predicted molar refractivity (Wildman–Crippen MR) is 96.1 cm³/mol. The van der Waals surface area contributed by atoms with E-state index >= 15 is 0 Å². The molecular formula is C17H23N5O2S. The number of thioether (sulfide) groups is 1. The molecule has 0 aliphatic carbocycles. The van der Waals surface area contributed by atoms with Crippen LogP contribution in [0.3, 0.4) is 0 Å². The Labute approximate surface area is 151 Å². The topological polar surface area (TPSA) is 73.1 Å². The van der Waals surface area contributed by atoms with Crippen molar-refractivity contribution in [2.75, 3.05) is 26.0 Å². The van der Waals surface area contributed by atoms with Crippen molar-refractivity contribution < 1.29 is 9.53 Å². The Bertz CT molecular complexity index is 681. The number of hydrogen-bond donors (Lipinski definition) is 0. The van der Waals surface area contributed by atoms with Crippen LogP contribution in [0.4, 0.5) is 0 Å². The third kappa shape index (κ3) is 4.72. The lowest BCUT2D eigenvalue weighted by Crippen LogP contribution is -2.31. The van der Waals surface area contributed by atoms with Crippen molar-refractivity contribution in [1.82, 2.24) is 25.1 Å². The van der Waals surface area contributed by atoms with Crippen molar-refractivity contribution in [1.29, 1.82) is 0 Å². The predicted octanol–water partition coefficient (Wildman–Crippen LogP) is 2.56. The van der Waals surface area contributed by atoms with Crippen molar-refractivity contribution in [3.8, 4) is 11.4 Å². The lowest BCUT2D eigenvalue weighted by Gasteiger charge is -2.19. The molecule has 0 saturated carbocycles. The average Bonchev–Trinajstić information content (AvgIpc) is 2.93. The van der Waals surface area contributed by atoms with E-state index in [1.165, 1.54) is 24.6 Å². The zero-order valence-electron chi connectivity index (χ0n) is 14.4. The molecule has 1 aromatic carbocycles. The Morgan fingerprint density at radius 3 is 2.56 bits per heavy atom. The van der Waals surface area contributed by atoms with Gasteiger partial charge in [-0.25, -0.2) is 0 Å². The van der Waals surface area contributed by atoms with Crippen molar-refractivity contribution in [3.63, 3.8) is 0 Å². The molecule has 134 valence electrons. The Morgan fingerprint density at radius 2 is 1.88 bits per heavy atom. The average molecular weight is 361 g/mol. The highest BCUT2D eigenvalue weighted by atomic mass is 32.2. The summed E-state index contributed by atoms with van der Waals surface area (Å²) in [6.07, 6.45) is 5.22. The van der Waals surface area contributed by atoms with E-state index in [9.17, 15) is 4.79 Å². The first-order valence-corrected chi connectivity index (χ1v) is 9.60. The van der Waals surface area contributed by atoms with E-state index in [1.54, 1.807) is 11.8 Å². The number of benzene rings is 1.